The van der Waals surface area contributed by atoms with Crippen LogP contribution in [0.4, 0.5) is 5.69 Å². The van der Waals surface area contributed by atoms with E-state index in [1.807, 2.05) is 12.1 Å². The second-order valence-corrected chi connectivity index (χ2v) is 4.73. The molecule has 1 rings (SSSR count). The zero-order chi connectivity index (χ0) is 13.4. The van der Waals surface area contributed by atoms with Crippen LogP contribution in [-0.2, 0) is 0 Å². The number of nitrogens with zero attached hydrogens (tertiary/aromatic N) is 1. The lowest BCUT2D eigenvalue weighted by molar-refractivity contribution is 0.255. The maximum Gasteiger partial charge on any atom is 0.103 e. The lowest BCUT2D eigenvalue weighted by Gasteiger charge is -2.17. The van der Waals surface area contributed by atoms with Gasteiger partial charge in [0.05, 0.1) is 16.3 Å². The number of halogens is 1. The van der Waals surface area contributed by atoms with Gasteiger partial charge in [-0.1, -0.05) is 31.0 Å². The highest BCUT2D eigenvalue weighted by atomic mass is 35.5. The van der Waals surface area contributed by atoms with Crippen molar-refractivity contribution in [3.05, 3.63) is 28.8 Å². The first-order valence-electron chi connectivity index (χ1n) is 6.26. The summed E-state index contributed by atoms with van der Waals surface area (Å²) in [5, 5.41) is 21.8. The molecule has 18 heavy (non-hydrogen) atoms. The summed E-state index contributed by atoms with van der Waals surface area (Å²) in [5.41, 5.74) is 1.25. The standard InChI is InChI=1S/C14H19ClN2O/c1-2-4-11(7-8-18)10-17-14-6-3-5-13(15)12(14)9-16/h3,5-6,11,17-18H,2,4,7-8,10H2,1H3. The van der Waals surface area contributed by atoms with Crippen LogP contribution < -0.4 is 5.32 Å². The molecule has 0 bridgehead atoms. The Bertz CT molecular complexity index is 409. The molecule has 1 atom stereocenters. The van der Waals surface area contributed by atoms with Crippen molar-refractivity contribution in [3.63, 3.8) is 0 Å². The summed E-state index contributed by atoms with van der Waals surface area (Å²) in [6.07, 6.45) is 2.94. The molecule has 0 saturated carbocycles. The molecule has 0 aliphatic carbocycles. The predicted octanol–water partition coefficient (Wildman–Crippen LogP) is 3.42. The third-order valence-electron chi connectivity index (χ3n) is 2.94. The highest BCUT2D eigenvalue weighted by Gasteiger charge is 2.10. The molecule has 0 amide bonds. The SMILES string of the molecule is CCCC(CCO)CNc1cccc(Cl)c1C#N. The van der Waals surface area contributed by atoms with Crippen molar-refractivity contribution in [3.8, 4) is 6.07 Å². The van der Waals surface area contributed by atoms with Crippen molar-refractivity contribution in [1.82, 2.24) is 0 Å². The summed E-state index contributed by atoms with van der Waals surface area (Å²) >= 11 is 5.96. The molecule has 98 valence electrons. The van der Waals surface area contributed by atoms with E-state index >= 15 is 0 Å². The van der Waals surface area contributed by atoms with Gasteiger partial charge in [0.1, 0.15) is 6.07 Å². The summed E-state index contributed by atoms with van der Waals surface area (Å²) in [6.45, 7) is 3.08. The third-order valence-corrected chi connectivity index (χ3v) is 3.26. The van der Waals surface area contributed by atoms with Gasteiger partial charge in [0.25, 0.3) is 0 Å². The Balaban J connectivity index is 2.67. The van der Waals surface area contributed by atoms with Gasteiger partial charge in [0.15, 0.2) is 0 Å². The quantitative estimate of drug-likeness (QED) is 0.795. The van der Waals surface area contributed by atoms with E-state index < -0.39 is 0 Å². The maximum atomic E-state index is 9.06. The molecule has 0 aliphatic rings. The lowest BCUT2D eigenvalue weighted by Crippen LogP contribution is -2.16. The first-order valence-corrected chi connectivity index (χ1v) is 6.64. The number of benzene rings is 1. The number of anilines is 1. The van der Waals surface area contributed by atoms with Crippen molar-refractivity contribution in [2.45, 2.75) is 26.2 Å². The molecule has 0 heterocycles. The van der Waals surface area contributed by atoms with Gasteiger partial charge in [0.2, 0.25) is 0 Å². The van der Waals surface area contributed by atoms with Crippen molar-refractivity contribution in [2.75, 3.05) is 18.5 Å². The van der Waals surface area contributed by atoms with Gasteiger partial charge in [-0.05, 0) is 30.9 Å². The summed E-state index contributed by atoms with van der Waals surface area (Å²) < 4.78 is 0. The number of aliphatic hydroxyl groups is 1. The van der Waals surface area contributed by atoms with Gasteiger partial charge in [-0.15, -0.1) is 0 Å². The molecule has 1 unspecified atom stereocenters. The fourth-order valence-corrected chi connectivity index (χ4v) is 2.20. The van der Waals surface area contributed by atoms with Crippen LogP contribution in [0.25, 0.3) is 0 Å². The van der Waals surface area contributed by atoms with Crippen molar-refractivity contribution in [1.29, 1.82) is 5.26 Å². The summed E-state index contributed by atoms with van der Waals surface area (Å²) in [4.78, 5) is 0. The molecule has 0 saturated heterocycles. The molecule has 1 aromatic carbocycles. The van der Waals surface area contributed by atoms with Gasteiger partial charge >= 0.3 is 0 Å². The first-order chi connectivity index (χ1) is 8.72. The molecule has 1 aromatic rings. The average Bonchev–Trinajstić information content (AvgIpc) is 2.36. The number of hydrogen-bond donors (Lipinski definition) is 2. The Labute approximate surface area is 113 Å². The lowest BCUT2D eigenvalue weighted by atomic mass is 10.00. The van der Waals surface area contributed by atoms with E-state index in [1.54, 1.807) is 6.07 Å². The summed E-state index contributed by atoms with van der Waals surface area (Å²) in [6, 6.07) is 7.50. The van der Waals surface area contributed by atoms with Gasteiger partial charge < -0.3 is 10.4 Å². The van der Waals surface area contributed by atoms with Crippen LogP contribution in [0.5, 0.6) is 0 Å². The van der Waals surface area contributed by atoms with Gasteiger partial charge in [-0.2, -0.15) is 5.26 Å². The minimum atomic E-state index is 0.201. The smallest absolute Gasteiger partial charge is 0.103 e. The van der Waals surface area contributed by atoms with Crippen LogP contribution in [0.1, 0.15) is 31.7 Å². The van der Waals surface area contributed by atoms with E-state index in [9.17, 15) is 0 Å². The molecule has 3 nitrogen and oxygen atoms in total. The second kappa shape index (κ2) is 7.97. The number of aliphatic hydroxyl groups excluding tert-OH is 1. The van der Waals surface area contributed by atoms with Crippen LogP contribution in [0.2, 0.25) is 5.02 Å². The molecular weight excluding hydrogens is 248 g/mol. The van der Waals surface area contributed by atoms with Crippen LogP contribution >= 0.6 is 11.6 Å². The van der Waals surface area contributed by atoms with Gasteiger partial charge in [-0.3, -0.25) is 0 Å². The normalized spacial score (nSPS) is 11.9. The van der Waals surface area contributed by atoms with E-state index in [0.29, 0.717) is 16.5 Å². The molecule has 0 fully saturated rings. The Kier molecular flexibility index (Phi) is 6.56. The van der Waals surface area contributed by atoms with Crippen molar-refractivity contribution < 1.29 is 5.11 Å². The van der Waals surface area contributed by atoms with E-state index in [0.717, 1.165) is 31.5 Å². The van der Waals surface area contributed by atoms with Crippen molar-refractivity contribution in [2.24, 2.45) is 5.92 Å². The van der Waals surface area contributed by atoms with Crippen LogP contribution in [-0.4, -0.2) is 18.3 Å². The molecule has 0 radical (unpaired) electrons. The maximum absolute atomic E-state index is 9.06. The molecule has 4 heteroatoms. The Morgan fingerprint density at radius 3 is 2.83 bits per heavy atom. The fourth-order valence-electron chi connectivity index (χ4n) is 1.98. The Morgan fingerprint density at radius 1 is 1.44 bits per heavy atom. The molecule has 0 spiro atoms. The average molecular weight is 267 g/mol. The van der Waals surface area contributed by atoms with Crippen LogP contribution in [0.15, 0.2) is 18.2 Å². The monoisotopic (exact) mass is 266 g/mol. The summed E-state index contributed by atoms with van der Waals surface area (Å²) in [5.74, 6) is 0.422. The first kappa shape index (κ1) is 14.8. The largest absolute Gasteiger partial charge is 0.396 e. The Hall–Kier alpha value is -1.24. The number of hydrogen-bond acceptors (Lipinski definition) is 3. The predicted molar refractivity (Wildman–Crippen MR) is 74.8 cm³/mol. The number of rotatable bonds is 7. The molecule has 0 aliphatic heterocycles. The highest BCUT2D eigenvalue weighted by molar-refractivity contribution is 6.32. The number of nitrogens with one attached hydrogen (secondary N) is 1. The van der Waals surface area contributed by atoms with Gasteiger partial charge in [-0.25, -0.2) is 0 Å². The highest BCUT2D eigenvalue weighted by Crippen LogP contribution is 2.24. The second-order valence-electron chi connectivity index (χ2n) is 4.32. The molecule has 0 aromatic heterocycles. The zero-order valence-corrected chi connectivity index (χ0v) is 11.4. The topological polar surface area (TPSA) is 56.0 Å². The zero-order valence-electron chi connectivity index (χ0n) is 10.6. The minimum Gasteiger partial charge on any atom is -0.396 e. The van der Waals surface area contributed by atoms with Gasteiger partial charge in [0, 0.05) is 13.2 Å². The van der Waals surface area contributed by atoms with Crippen LogP contribution in [0.3, 0.4) is 0 Å². The minimum absolute atomic E-state index is 0.201. The van der Waals surface area contributed by atoms with E-state index in [-0.39, 0.29) is 6.61 Å². The number of nitriles is 1. The van der Waals surface area contributed by atoms with E-state index in [1.165, 1.54) is 0 Å². The third kappa shape index (κ3) is 4.21. The molecule has 2 N–H and O–H groups in total. The molecular formula is C14H19ClN2O. The van der Waals surface area contributed by atoms with E-state index in [2.05, 4.69) is 18.3 Å². The Morgan fingerprint density at radius 2 is 2.22 bits per heavy atom. The van der Waals surface area contributed by atoms with E-state index in [4.69, 9.17) is 22.0 Å². The fraction of sp³-hybridized carbons (Fsp3) is 0.500. The van der Waals surface area contributed by atoms with Crippen LogP contribution in [0, 0.1) is 17.2 Å². The summed E-state index contributed by atoms with van der Waals surface area (Å²) in [7, 11) is 0. The van der Waals surface area contributed by atoms with Crippen molar-refractivity contribution >= 4 is 17.3 Å².